The third-order valence-electron chi connectivity index (χ3n) is 7.59. The summed E-state index contributed by atoms with van der Waals surface area (Å²) in [4.78, 5) is 18.9. The van der Waals surface area contributed by atoms with E-state index in [0.29, 0.717) is 15.8 Å². The Bertz CT molecular complexity index is 1600. The fraction of sp³-hybridized carbons (Fsp3) is 0.281. The van der Waals surface area contributed by atoms with Crippen molar-refractivity contribution in [2.75, 3.05) is 23.9 Å². The number of benzene rings is 2. The van der Waals surface area contributed by atoms with Crippen molar-refractivity contribution in [1.29, 1.82) is 0 Å². The Morgan fingerprint density at radius 3 is 2.61 bits per heavy atom. The molecular formula is C32H34ClN5O2S. The zero-order valence-corrected chi connectivity index (χ0v) is 25.4. The number of rotatable bonds is 8. The Morgan fingerprint density at radius 1 is 1.12 bits per heavy atom. The van der Waals surface area contributed by atoms with Crippen molar-refractivity contribution in [2.45, 2.75) is 46.2 Å². The number of carbonyl (C=O) groups excluding carboxylic acids is 1. The number of methoxy groups -OCH3 is 1. The fourth-order valence-electron chi connectivity index (χ4n) is 5.78. The molecule has 4 aromatic rings. The van der Waals surface area contributed by atoms with Crippen molar-refractivity contribution >= 4 is 46.2 Å². The first kappa shape index (κ1) is 28.8. The Labute approximate surface area is 251 Å². The van der Waals surface area contributed by atoms with E-state index in [9.17, 15) is 4.79 Å². The van der Waals surface area contributed by atoms with Gasteiger partial charge in [-0.15, -0.1) is 0 Å². The second-order valence-electron chi connectivity index (χ2n) is 10.2. The second-order valence-corrected chi connectivity index (χ2v) is 11.0. The lowest BCUT2D eigenvalue weighted by molar-refractivity contribution is -0.119. The maximum absolute atomic E-state index is 12.1. The Balaban J connectivity index is 1.64. The molecule has 2 atom stereocenters. The van der Waals surface area contributed by atoms with Crippen LogP contribution in [0.2, 0.25) is 5.02 Å². The molecule has 1 aliphatic rings. The molecule has 0 bridgehead atoms. The highest BCUT2D eigenvalue weighted by Crippen LogP contribution is 2.45. The largest absolute Gasteiger partial charge is 0.375 e. The normalized spacial score (nSPS) is 16.6. The lowest BCUT2D eigenvalue weighted by Crippen LogP contribution is -2.29. The smallest absolute Gasteiger partial charge is 0.250 e. The summed E-state index contributed by atoms with van der Waals surface area (Å²) in [6.07, 6.45) is 2.74. The number of aromatic nitrogens is 2. The van der Waals surface area contributed by atoms with Crippen LogP contribution in [0.25, 0.3) is 5.69 Å². The van der Waals surface area contributed by atoms with Crippen molar-refractivity contribution in [3.63, 3.8) is 0 Å². The molecule has 0 saturated carbocycles. The number of para-hydroxylation sites is 1. The zero-order valence-electron chi connectivity index (χ0n) is 23.9. The molecule has 7 nitrogen and oxygen atoms in total. The van der Waals surface area contributed by atoms with Crippen LogP contribution in [0.4, 0.5) is 11.4 Å². The molecule has 1 amide bonds. The van der Waals surface area contributed by atoms with Crippen LogP contribution in [0.5, 0.6) is 0 Å². The van der Waals surface area contributed by atoms with Gasteiger partial charge in [-0.05, 0) is 92.5 Å². The summed E-state index contributed by atoms with van der Waals surface area (Å²) in [5, 5.41) is 7.32. The van der Waals surface area contributed by atoms with Gasteiger partial charge in [0.25, 0.3) is 0 Å². The van der Waals surface area contributed by atoms with Gasteiger partial charge >= 0.3 is 0 Å². The van der Waals surface area contributed by atoms with Crippen molar-refractivity contribution in [2.24, 2.45) is 0 Å². The van der Waals surface area contributed by atoms with Gasteiger partial charge in [0.15, 0.2) is 5.11 Å². The third kappa shape index (κ3) is 5.47. The maximum Gasteiger partial charge on any atom is 0.250 e. The van der Waals surface area contributed by atoms with Crippen LogP contribution >= 0.6 is 23.8 Å². The lowest BCUT2D eigenvalue weighted by atomic mass is 9.96. The van der Waals surface area contributed by atoms with E-state index in [1.165, 1.54) is 23.9 Å². The van der Waals surface area contributed by atoms with Gasteiger partial charge in [0.1, 0.15) is 6.61 Å². The molecule has 5 rings (SSSR count). The molecular weight excluding hydrogens is 554 g/mol. The average Bonchev–Trinajstić information content (AvgIpc) is 3.45. The van der Waals surface area contributed by atoms with Crippen LogP contribution in [-0.4, -0.2) is 34.3 Å². The molecule has 3 heterocycles. The van der Waals surface area contributed by atoms with E-state index in [-0.39, 0.29) is 24.6 Å². The van der Waals surface area contributed by atoms with Crippen LogP contribution in [0.3, 0.4) is 0 Å². The van der Waals surface area contributed by atoms with Crippen molar-refractivity contribution in [3.8, 4) is 5.69 Å². The number of anilines is 2. The van der Waals surface area contributed by atoms with E-state index in [4.69, 9.17) is 33.5 Å². The quantitative estimate of drug-likeness (QED) is 0.222. The minimum Gasteiger partial charge on any atom is -0.375 e. The summed E-state index contributed by atoms with van der Waals surface area (Å²) in [5.74, 6) is -0.274. The van der Waals surface area contributed by atoms with E-state index in [1.807, 2.05) is 30.3 Å². The summed E-state index contributed by atoms with van der Waals surface area (Å²) in [6, 6.07) is 19.8. The fourth-order valence-corrected chi connectivity index (χ4v) is 6.35. The number of nitrogens with one attached hydrogen (secondary N) is 2. The van der Waals surface area contributed by atoms with Crippen LogP contribution in [0.15, 0.2) is 66.9 Å². The molecule has 0 aliphatic carbocycles. The van der Waals surface area contributed by atoms with E-state index >= 15 is 0 Å². The number of thiocarbonyl (C=S) groups is 1. The lowest BCUT2D eigenvalue weighted by Gasteiger charge is -2.29. The molecule has 0 radical (unpaired) electrons. The van der Waals surface area contributed by atoms with Gasteiger partial charge in [-0.1, -0.05) is 42.8 Å². The van der Waals surface area contributed by atoms with Gasteiger partial charge in [0.05, 0.1) is 34.2 Å². The van der Waals surface area contributed by atoms with Crippen LogP contribution < -0.4 is 15.5 Å². The minimum absolute atomic E-state index is 0.0533. The number of nitrogens with zero attached hydrogens (tertiary/aromatic N) is 3. The van der Waals surface area contributed by atoms with Crippen LogP contribution in [-0.2, 0) is 16.0 Å². The molecule has 2 aromatic heterocycles. The first-order chi connectivity index (χ1) is 19.7. The number of carbonyl (C=O) groups is 1. The number of ether oxygens (including phenoxy) is 1. The summed E-state index contributed by atoms with van der Waals surface area (Å²) < 4.78 is 7.29. The number of hydrogen-bond donors (Lipinski definition) is 2. The highest BCUT2D eigenvalue weighted by molar-refractivity contribution is 7.80. The molecule has 41 heavy (non-hydrogen) atoms. The first-order valence-electron chi connectivity index (χ1n) is 13.6. The first-order valence-corrected chi connectivity index (χ1v) is 14.4. The molecule has 1 saturated heterocycles. The van der Waals surface area contributed by atoms with Crippen molar-refractivity contribution < 1.29 is 9.53 Å². The average molecular weight is 588 g/mol. The van der Waals surface area contributed by atoms with Crippen LogP contribution in [0.1, 0.15) is 52.8 Å². The molecule has 2 unspecified atom stereocenters. The molecule has 1 fully saturated rings. The van der Waals surface area contributed by atoms with E-state index in [0.717, 1.165) is 34.8 Å². The highest BCUT2D eigenvalue weighted by Gasteiger charge is 2.42. The summed E-state index contributed by atoms with van der Waals surface area (Å²) >= 11 is 12.6. The number of hydrogen-bond acceptors (Lipinski definition) is 4. The monoisotopic (exact) mass is 587 g/mol. The van der Waals surface area contributed by atoms with E-state index in [1.54, 1.807) is 12.3 Å². The highest BCUT2D eigenvalue weighted by atomic mass is 35.5. The van der Waals surface area contributed by atoms with Crippen LogP contribution in [0, 0.1) is 20.8 Å². The predicted octanol–water partition coefficient (Wildman–Crippen LogP) is 6.78. The number of pyridine rings is 1. The third-order valence-corrected chi connectivity index (χ3v) is 8.22. The van der Waals surface area contributed by atoms with Crippen molar-refractivity contribution in [3.05, 3.63) is 106 Å². The van der Waals surface area contributed by atoms with Gasteiger partial charge in [-0.2, -0.15) is 0 Å². The molecule has 1 aliphatic heterocycles. The Kier molecular flexibility index (Phi) is 8.45. The predicted molar refractivity (Wildman–Crippen MR) is 169 cm³/mol. The topological polar surface area (TPSA) is 71.4 Å². The Hall–Kier alpha value is -3.72. The molecule has 0 spiro atoms. The Morgan fingerprint density at radius 2 is 1.93 bits per heavy atom. The van der Waals surface area contributed by atoms with Gasteiger partial charge in [-0.25, -0.2) is 0 Å². The molecule has 212 valence electrons. The maximum atomic E-state index is 12.1. The van der Waals surface area contributed by atoms with Gasteiger partial charge < -0.3 is 24.8 Å². The molecule has 2 aromatic carbocycles. The van der Waals surface area contributed by atoms with E-state index in [2.05, 4.69) is 72.1 Å². The number of amides is 1. The standard InChI is InChI=1S/C32H34ClN5O2S/c1-6-22-11-9-10-19(2)30(22)37-20(3)16-24(21(37)4)31-29(27-12-7-8-15-34-27)36-32(41)38(31)23-13-14-26(25(33)17-23)35-28(39)18-40-5/h7-17,29,31H,6,18H2,1-5H3,(H,35,39)(H,36,41). The van der Waals surface area contributed by atoms with Gasteiger partial charge in [0, 0.05) is 30.4 Å². The summed E-state index contributed by atoms with van der Waals surface area (Å²) in [7, 11) is 1.48. The number of halogens is 1. The second kappa shape index (κ2) is 12.0. The zero-order chi connectivity index (χ0) is 29.3. The van der Waals surface area contributed by atoms with Gasteiger partial charge in [-0.3, -0.25) is 9.78 Å². The molecule has 2 N–H and O–H groups in total. The molecule has 9 heteroatoms. The van der Waals surface area contributed by atoms with Gasteiger partial charge in [0.2, 0.25) is 5.91 Å². The minimum atomic E-state index is -0.274. The van der Waals surface area contributed by atoms with E-state index < -0.39 is 0 Å². The SMILES string of the molecule is CCc1cccc(C)c1-n1c(C)cc(C2C(c3ccccn3)NC(=S)N2c2ccc(NC(=O)COC)c(Cl)c2)c1C. The summed E-state index contributed by atoms with van der Waals surface area (Å²) in [6.45, 7) is 8.62. The number of aryl methyl sites for hydroxylation is 3. The summed E-state index contributed by atoms with van der Waals surface area (Å²) in [5.41, 5.74) is 9.41. The van der Waals surface area contributed by atoms with Crippen molar-refractivity contribution in [1.82, 2.24) is 14.9 Å².